The van der Waals surface area contributed by atoms with Crippen molar-refractivity contribution in [1.82, 2.24) is 25.5 Å². The molecule has 0 saturated carbocycles. The number of rotatable bonds is 12. The lowest BCUT2D eigenvalue weighted by Crippen LogP contribution is -2.40. The summed E-state index contributed by atoms with van der Waals surface area (Å²) in [5.74, 6) is 0.128. The summed E-state index contributed by atoms with van der Waals surface area (Å²) in [5, 5.41) is 6.63. The van der Waals surface area contributed by atoms with E-state index in [2.05, 4.69) is 57.8 Å². The summed E-state index contributed by atoms with van der Waals surface area (Å²) in [5.41, 5.74) is 6.03. The summed E-state index contributed by atoms with van der Waals surface area (Å²) in [6.07, 6.45) is 9.54. The molecular formula is C29H37N5O. The Kier molecular flexibility index (Phi) is 9.38. The summed E-state index contributed by atoms with van der Waals surface area (Å²) in [6.45, 7) is 4.98. The van der Waals surface area contributed by atoms with Gasteiger partial charge in [0.15, 0.2) is 0 Å². The van der Waals surface area contributed by atoms with Gasteiger partial charge < -0.3 is 10.6 Å². The molecule has 2 aromatic heterocycles. The molecule has 0 spiro atoms. The number of aryl methyl sites for hydroxylation is 1. The number of carbonyl (C=O) groups is 1. The molecule has 0 aliphatic heterocycles. The third-order valence-corrected chi connectivity index (χ3v) is 6.61. The minimum absolute atomic E-state index is 0.128. The number of fused-ring (bicyclic) bond motifs is 1. The van der Waals surface area contributed by atoms with E-state index < -0.39 is 0 Å². The van der Waals surface area contributed by atoms with Gasteiger partial charge in [0.25, 0.3) is 0 Å². The van der Waals surface area contributed by atoms with E-state index in [0.717, 1.165) is 63.1 Å². The first-order valence-corrected chi connectivity index (χ1v) is 12.9. The zero-order chi connectivity index (χ0) is 24.3. The van der Waals surface area contributed by atoms with Crippen molar-refractivity contribution in [1.29, 1.82) is 0 Å². The van der Waals surface area contributed by atoms with E-state index in [-0.39, 0.29) is 11.9 Å². The van der Waals surface area contributed by atoms with Crippen molar-refractivity contribution >= 4 is 5.91 Å². The van der Waals surface area contributed by atoms with Crippen molar-refractivity contribution in [2.45, 2.75) is 71.1 Å². The van der Waals surface area contributed by atoms with Crippen molar-refractivity contribution in [2.24, 2.45) is 0 Å². The van der Waals surface area contributed by atoms with E-state index in [1.54, 1.807) is 0 Å². The van der Waals surface area contributed by atoms with Crippen LogP contribution in [0, 0.1) is 0 Å². The number of unbranched alkanes of at least 4 members (excludes halogenated alkanes) is 1. The van der Waals surface area contributed by atoms with Crippen LogP contribution in [0.2, 0.25) is 0 Å². The normalized spacial score (nSPS) is 15.1. The molecule has 0 radical (unpaired) electrons. The second-order valence-electron chi connectivity index (χ2n) is 9.31. The summed E-state index contributed by atoms with van der Waals surface area (Å²) < 4.78 is 0. The Morgan fingerprint density at radius 2 is 1.83 bits per heavy atom. The lowest BCUT2D eigenvalue weighted by Gasteiger charge is -2.35. The van der Waals surface area contributed by atoms with Gasteiger partial charge in [-0.3, -0.25) is 19.7 Å². The van der Waals surface area contributed by atoms with Crippen LogP contribution in [0.3, 0.4) is 0 Å². The van der Waals surface area contributed by atoms with Crippen LogP contribution in [0.5, 0.6) is 0 Å². The van der Waals surface area contributed by atoms with Crippen LogP contribution in [-0.4, -0.2) is 27.4 Å². The highest BCUT2D eigenvalue weighted by Crippen LogP contribution is 2.33. The molecule has 1 unspecified atom stereocenters. The summed E-state index contributed by atoms with van der Waals surface area (Å²) in [6, 6.07) is 19.2. The van der Waals surface area contributed by atoms with Crippen LogP contribution in [0.4, 0.5) is 0 Å². The van der Waals surface area contributed by atoms with E-state index in [1.807, 2.05) is 36.7 Å². The van der Waals surface area contributed by atoms with E-state index in [9.17, 15) is 4.79 Å². The third-order valence-electron chi connectivity index (χ3n) is 6.61. The Hall–Kier alpha value is -3.09. The SMILES string of the molecule is CCCCC(=O)NCN(Cc1ccc(CNCc2ccccn2)cc1)C1CCCc2cccnc21. The number of nitrogens with zero attached hydrogens (tertiary/aromatic N) is 3. The molecule has 1 aliphatic carbocycles. The number of aromatic nitrogens is 2. The van der Waals surface area contributed by atoms with Gasteiger partial charge in [-0.2, -0.15) is 0 Å². The maximum Gasteiger partial charge on any atom is 0.220 e. The van der Waals surface area contributed by atoms with Crippen molar-refractivity contribution in [2.75, 3.05) is 6.67 Å². The highest BCUT2D eigenvalue weighted by Gasteiger charge is 2.27. The van der Waals surface area contributed by atoms with Crippen molar-refractivity contribution in [3.05, 3.63) is 95.1 Å². The van der Waals surface area contributed by atoms with Crippen molar-refractivity contribution in [3.8, 4) is 0 Å². The van der Waals surface area contributed by atoms with Gasteiger partial charge in [0.05, 0.1) is 24.1 Å². The Morgan fingerprint density at radius 3 is 2.63 bits per heavy atom. The second kappa shape index (κ2) is 13.1. The first-order valence-electron chi connectivity index (χ1n) is 12.9. The predicted octanol–water partition coefficient (Wildman–Crippen LogP) is 4.91. The van der Waals surface area contributed by atoms with Crippen molar-refractivity contribution < 1.29 is 4.79 Å². The minimum Gasteiger partial charge on any atom is -0.343 e. The quantitative estimate of drug-likeness (QED) is 0.367. The van der Waals surface area contributed by atoms with Crippen LogP contribution in [0.1, 0.15) is 73.1 Å². The molecule has 0 saturated heterocycles. The number of hydrogen-bond donors (Lipinski definition) is 2. The zero-order valence-corrected chi connectivity index (χ0v) is 20.7. The largest absolute Gasteiger partial charge is 0.343 e. The number of hydrogen-bond acceptors (Lipinski definition) is 5. The molecule has 6 nitrogen and oxygen atoms in total. The molecule has 184 valence electrons. The topological polar surface area (TPSA) is 70.2 Å². The van der Waals surface area contributed by atoms with Crippen LogP contribution in [0.15, 0.2) is 67.0 Å². The lowest BCUT2D eigenvalue weighted by atomic mass is 9.90. The average Bonchev–Trinajstić information content (AvgIpc) is 2.91. The molecular weight excluding hydrogens is 434 g/mol. The molecule has 35 heavy (non-hydrogen) atoms. The van der Waals surface area contributed by atoms with Gasteiger partial charge in [-0.25, -0.2) is 0 Å². The fourth-order valence-electron chi connectivity index (χ4n) is 4.67. The molecule has 2 N–H and O–H groups in total. The van der Waals surface area contributed by atoms with Gasteiger partial charge >= 0.3 is 0 Å². The first-order chi connectivity index (χ1) is 17.2. The molecule has 2 heterocycles. The first kappa shape index (κ1) is 25.0. The van der Waals surface area contributed by atoms with Crippen LogP contribution in [0.25, 0.3) is 0 Å². The maximum atomic E-state index is 12.4. The fraction of sp³-hybridized carbons (Fsp3) is 0.414. The van der Waals surface area contributed by atoms with E-state index >= 15 is 0 Å². The smallest absolute Gasteiger partial charge is 0.220 e. The Labute approximate surface area is 209 Å². The summed E-state index contributed by atoms with van der Waals surface area (Å²) in [4.78, 5) is 23.9. The molecule has 0 fully saturated rings. The van der Waals surface area contributed by atoms with Gasteiger partial charge in [-0.05, 0) is 60.6 Å². The highest BCUT2D eigenvalue weighted by atomic mass is 16.1. The van der Waals surface area contributed by atoms with E-state index in [0.29, 0.717) is 13.1 Å². The molecule has 1 aromatic carbocycles. The summed E-state index contributed by atoms with van der Waals surface area (Å²) in [7, 11) is 0. The van der Waals surface area contributed by atoms with Gasteiger partial charge in [-0.15, -0.1) is 0 Å². The molecule has 1 aliphatic rings. The number of carbonyl (C=O) groups excluding carboxylic acids is 1. The number of nitrogens with one attached hydrogen (secondary N) is 2. The van der Waals surface area contributed by atoms with Crippen LogP contribution < -0.4 is 10.6 Å². The minimum atomic E-state index is 0.128. The Balaban J connectivity index is 1.40. The van der Waals surface area contributed by atoms with Gasteiger partial charge in [0, 0.05) is 38.4 Å². The van der Waals surface area contributed by atoms with E-state index in [4.69, 9.17) is 4.98 Å². The van der Waals surface area contributed by atoms with E-state index in [1.165, 1.54) is 16.7 Å². The zero-order valence-electron chi connectivity index (χ0n) is 20.7. The van der Waals surface area contributed by atoms with Gasteiger partial charge in [0.1, 0.15) is 0 Å². The van der Waals surface area contributed by atoms with Crippen molar-refractivity contribution in [3.63, 3.8) is 0 Å². The molecule has 1 atom stereocenters. The molecule has 6 heteroatoms. The Morgan fingerprint density at radius 1 is 1.00 bits per heavy atom. The number of pyridine rings is 2. The van der Waals surface area contributed by atoms with Gasteiger partial charge in [-0.1, -0.05) is 49.7 Å². The standard InChI is InChI=1S/C29H37N5O/c1-2-3-12-28(35)33-22-34(27-11-6-8-25-9-7-18-32-29(25)27)21-24-15-13-23(14-16-24)19-30-20-26-10-4-5-17-31-26/h4-5,7,9-10,13-18,27,30H,2-3,6,8,11-12,19-22H2,1H3,(H,33,35). The van der Waals surface area contributed by atoms with Crippen LogP contribution in [-0.2, 0) is 30.8 Å². The molecule has 0 bridgehead atoms. The molecule has 3 aromatic rings. The third kappa shape index (κ3) is 7.44. The van der Waals surface area contributed by atoms with Gasteiger partial charge in [0.2, 0.25) is 5.91 Å². The van der Waals surface area contributed by atoms with Crippen LogP contribution >= 0.6 is 0 Å². The summed E-state index contributed by atoms with van der Waals surface area (Å²) >= 11 is 0. The fourth-order valence-corrected chi connectivity index (χ4v) is 4.67. The monoisotopic (exact) mass is 471 g/mol. The average molecular weight is 472 g/mol. The number of amides is 1. The maximum absolute atomic E-state index is 12.4. The molecule has 4 rings (SSSR count). The highest BCUT2D eigenvalue weighted by molar-refractivity contribution is 5.75. The number of benzene rings is 1. The Bertz CT molecular complexity index is 1050. The predicted molar refractivity (Wildman–Crippen MR) is 139 cm³/mol. The second-order valence-corrected chi connectivity index (χ2v) is 9.31. The molecule has 1 amide bonds. The lowest BCUT2D eigenvalue weighted by molar-refractivity contribution is -0.122.